The number of nitrogens with one attached hydrogen (secondary N) is 1. The molecule has 2 fully saturated rings. The van der Waals surface area contributed by atoms with Crippen molar-refractivity contribution in [2.45, 2.75) is 36.5 Å². The molecule has 2 aliphatic rings. The quantitative estimate of drug-likeness (QED) is 0.487. The Hall–Kier alpha value is -2.78. The molecule has 6 rings (SSSR count). The molecule has 2 atom stereocenters. The molecule has 152 valence electrons. The largest absolute Gasteiger partial charge is 0.355 e. The molecule has 4 aromatic heterocycles. The van der Waals surface area contributed by atoms with Crippen LogP contribution in [0.5, 0.6) is 0 Å². The molecule has 2 unspecified atom stereocenters. The van der Waals surface area contributed by atoms with Crippen LogP contribution in [0.15, 0.2) is 34.7 Å². The van der Waals surface area contributed by atoms with Crippen LogP contribution in [0.4, 0.5) is 5.82 Å². The molecule has 0 bridgehead atoms. The van der Waals surface area contributed by atoms with Crippen molar-refractivity contribution in [3.8, 4) is 0 Å². The maximum absolute atomic E-state index is 6.17. The number of H-pyrrole nitrogens is 1. The summed E-state index contributed by atoms with van der Waals surface area (Å²) in [6.07, 6.45) is 4.26. The summed E-state index contributed by atoms with van der Waals surface area (Å²) in [6.45, 7) is 6.25. The molecule has 1 aliphatic heterocycles. The summed E-state index contributed by atoms with van der Waals surface area (Å²) >= 11 is 1.45. The lowest BCUT2D eigenvalue weighted by Crippen LogP contribution is -2.29. The van der Waals surface area contributed by atoms with E-state index in [0.29, 0.717) is 28.7 Å². The van der Waals surface area contributed by atoms with Crippen molar-refractivity contribution in [1.82, 2.24) is 29.9 Å². The molecule has 1 saturated heterocycles. The normalized spacial score (nSPS) is 22.8. The number of rotatable bonds is 4. The molecule has 0 aromatic carbocycles. The Kier molecular flexibility index (Phi) is 3.97. The number of nitrogens with zero attached hydrogens (tertiary/aromatic N) is 6. The maximum Gasteiger partial charge on any atom is 0.197 e. The zero-order valence-electron chi connectivity index (χ0n) is 16.8. The van der Waals surface area contributed by atoms with Crippen LogP contribution in [0.1, 0.15) is 18.2 Å². The molecule has 8 nitrogen and oxygen atoms in total. The number of hydrogen-bond donors (Lipinski definition) is 2. The van der Waals surface area contributed by atoms with E-state index in [1.54, 1.807) is 12.4 Å². The van der Waals surface area contributed by atoms with E-state index in [1.165, 1.54) is 23.0 Å². The van der Waals surface area contributed by atoms with Crippen LogP contribution < -0.4 is 10.6 Å². The number of fused-ring (bicyclic) bond motifs is 3. The second kappa shape index (κ2) is 6.61. The van der Waals surface area contributed by atoms with E-state index in [-0.39, 0.29) is 0 Å². The number of hydrogen-bond acceptors (Lipinski definition) is 8. The number of aryl methyl sites for hydroxylation is 2. The van der Waals surface area contributed by atoms with Gasteiger partial charge < -0.3 is 15.6 Å². The van der Waals surface area contributed by atoms with E-state index < -0.39 is 0 Å². The van der Waals surface area contributed by atoms with Gasteiger partial charge in [0.1, 0.15) is 22.0 Å². The van der Waals surface area contributed by atoms with Crippen molar-refractivity contribution < 1.29 is 0 Å². The molecule has 1 aliphatic carbocycles. The van der Waals surface area contributed by atoms with Gasteiger partial charge >= 0.3 is 0 Å². The fraction of sp³-hybridized carbons (Fsp3) is 0.381. The number of pyridine rings is 1. The zero-order valence-corrected chi connectivity index (χ0v) is 17.6. The molecule has 0 spiro atoms. The summed E-state index contributed by atoms with van der Waals surface area (Å²) in [5.74, 6) is 2.20. The molecule has 0 radical (unpaired) electrons. The van der Waals surface area contributed by atoms with E-state index >= 15 is 0 Å². The monoisotopic (exact) mass is 418 g/mol. The molecule has 30 heavy (non-hydrogen) atoms. The third kappa shape index (κ3) is 2.76. The number of piperidine rings is 1. The second-order valence-corrected chi connectivity index (χ2v) is 9.08. The maximum atomic E-state index is 6.17. The average Bonchev–Trinajstić information content (AvgIpc) is 3.10. The van der Waals surface area contributed by atoms with Crippen molar-refractivity contribution in [1.29, 1.82) is 0 Å². The van der Waals surface area contributed by atoms with E-state index in [2.05, 4.69) is 38.7 Å². The van der Waals surface area contributed by atoms with Crippen LogP contribution in [0.25, 0.3) is 22.2 Å². The molecule has 9 heteroatoms. The zero-order chi connectivity index (χ0) is 20.4. The summed E-state index contributed by atoms with van der Waals surface area (Å²) in [5, 5.41) is 2.61. The molecule has 5 heterocycles. The molecular formula is C21H22N8S. The molecule has 1 saturated carbocycles. The standard InChI is InChI=1S/C21H22N8S/c1-3-13-10(2)16-19(25-13)27-21(28-20(16)29-8-11-12(9-29)17(11)22)30-15-5-4-14-18(26-15)24-7-6-23-14/h4-7,11-12,17H,3,8-9,22H2,1-2H3,(H,25,27,28). The van der Waals surface area contributed by atoms with Gasteiger partial charge in [0, 0.05) is 37.2 Å². The predicted molar refractivity (Wildman–Crippen MR) is 117 cm³/mol. The van der Waals surface area contributed by atoms with E-state index in [9.17, 15) is 0 Å². The highest BCUT2D eigenvalue weighted by atomic mass is 32.2. The first kappa shape index (κ1) is 18.0. The summed E-state index contributed by atoms with van der Waals surface area (Å²) < 4.78 is 0. The highest BCUT2D eigenvalue weighted by Crippen LogP contribution is 2.46. The van der Waals surface area contributed by atoms with Crippen LogP contribution in [-0.4, -0.2) is 49.0 Å². The Labute approximate surface area is 177 Å². The van der Waals surface area contributed by atoms with Crippen LogP contribution in [0.3, 0.4) is 0 Å². The van der Waals surface area contributed by atoms with Crippen molar-refractivity contribution in [3.05, 3.63) is 35.8 Å². The van der Waals surface area contributed by atoms with Crippen molar-refractivity contribution in [3.63, 3.8) is 0 Å². The van der Waals surface area contributed by atoms with Gasteiger partial charge in [0.15, 0.2) is 10.8 Å². The van der Waals surface area contributed by atoms with Gasteiger partial charge in [-0.25, -0.2) is 19.9 Å². The van der Waals surface area contributed by atoms with Crippen molar-refractivity contribution in [2.24, 2.45) is 17.6 Å². The highest BCUT2D eigenvalue weighted by Gasteiger charge is 2.54. The second-order valence-electron chi connectivity index (χ2n) is 8.10. The smallest absolute Gasteiger partial charge is 0.197 e. The molecule has 0 amide bonds. The number of nitrogens with two attached hydrogens (primary N) is 1. The fourth-order valence-corrected chi connectivity index (χ4v) is 5.34. The number of aromatic nitrogens is 6. The lowest BCUT2D eigenvalue weighted by Gasteiger charge is -2.21. The van der Waals surface area contributed by atoms with Gasteiger partial charge in [-0.15, -0.1) is 0 Å². The summed E-state index contributed by atoms with van der Waals surface area (Å²) in [4.78, 5) is 28.9. The van der Waals surface area contributed by atoms with Gasteiger partial charge in [-0.2, -0.15) is 0 Å². The highest BCUT2D eigenvalue weighted by molar-refractivity contribution is 7.99. The van der Waals surface area contributed by atoms with Gasteiger partial charge in [-0.3, -0.25) is 4.98 Å². The Balaban J connectivity index is 1.42. The van der Waals surface area contributed by atoms with Gasteiger partial charge in [0.2, 0.25) is 0 Å². The Morgan fingerprint density at radius 1 is 1.13 bits per heavy atom. The predicted octanol–water partition coefficient (Wildman–Crippen LogP) is 2.71. The SMILES string of the molecule is CCc1[nH]c2nc(Sc3ccc4nccnc4n3)nc(N3CC4C(N)C4C3)c2c1C. The molecular weight excluding hydrogens is 396 g/mol. The Bertz CT molecular complexity index is 1270. The summed E-state index contributed by atoms with van der Waals surface area (Å²) in [7, 11) is 0. The van der Waals surface area contributed by atoms with E-state index in [4.69, 9.17) is 15.7 Å². The van der Waals surface area contributed by atoms with Crippen molar-refractivity contribution >= 4 is 39.8 Å². The minimum atomic E-state index is 0.355. The van der Waals surface area contributed by atoms with Crippen LogP contribution >= 0.6 is 11.8 Å². The third-order valence-electron chi connectivity index (χ3n) is 6.38. The Morgan fingerprint density at radius 3 is 2.73 bits per heavy atom. The molecule has 4 aromatic rings. The topological polar surface area (TPSA) is 109 Å². The Morgan fingerprint density at radius 2 is 1.93 bits per heavy atom. The summed E-state index contributed by atoms with van der Waals surface area (Å²) in [6, 6.07) is 4.23. The van der Waals surface area contributed by atoms with Crippen LogP contribution in [0.2, 0.25) is 0 Å². The van der Waals surface area contributed by atoms with Crippen LogP contribution in [-0.2, 0) is 6.42 Å². The fourth-order valence-electron chi connectivity index (χ4n) is 4.61. The number of aromatic amines is 1. The van der Waals surface area contributed by atoms with Gasteiger partial charge in [-0.05, 0) is 54.6 Å². The number of anilines is 1. The first-order chi connectivity index (χ1) is 14.6. The summed E-state index contributed by atoms with van der Waals surface area (Å²) in [5.41, 5.74) is 10.9. The average molecular weight is 419 g/mol. The third-order valence-corrected chi connectivity index (χ3v) is 7.18. The first-order valence-corrected chi connectivity index (χ1v) is 11.1. The lowest BCUT2D eigenvalue weighted by atomic mass is 10.1. The minimum absolute atomic E-state index is 0.355. The van der Waals surface area contributed by atoms with Gasteiger partial charge in [0.05, 0.1) is 5.39 Å². The van der Waals surface area contributed by atoms with E-state index in [0.717, 1.165) is 46.9 Å². The first-order valence-electron chi connectivity index (χ1n) is 10.3. The minimum Gasteiger partial charge on any atom is -0.355 e. The van der Waals surface area contributed by atoms with Gasteiger partial charge in [-0.1, -0.05) is 6.92 Å². The van der Waals surface area contributed by atoms with Crippen molar-refractivity contribution in [2.75, 3.05) is 18.0 Å². The van der Waals surface area contributed by atoms with E-state index in [1.807, 2.05) is 12.1 Å². The van der Waals surface area contributed by atoms with Gasteiger partial charge in [0.25, 0.3) is 0 Å². The van der Waals surface area contributed by atoms with Crippen LogP contribution in [0, 0.1) is 18.8 Å². The lowest BCUT2D eigenvalue weighted by molar-refractivity contribution is 0.732. The molecule has 3 N–H and O–H groups in total.